The molecule has 0 aliphatic heterocycles. The largest absolute Gasteiger partial charge is 0.366 e. The lowest BCUT2D eigenvalue weighted by atomic mass is 10.1. The zero-order valence-corrected chi connectivity index (χ0v) is 7.50. The third-order valence-electron chi connectivity index (χ3n) is 1.22. The lowest BCUT2D eigenvalue weighted by Gasteiger charge is -2.24. The van der Waals surface area contributed by atoms with Crippen LogP contribution in [0.3, 0.4) is 0 Å². The zero-order valence-electron chi connectivity index (χ0n) is 7.50. The molecule has 1 atom stereocenters. The smallest absolute Gasteiger partial charge is 0.160 e. The first-order valence-corrected chi connectivity index (χ1v) is 3.72. The summed E-state index contributed by atoms with van der Waals surface area (Å²) in [6.07, 6.45) is 0.192. The fraction of sp³-hybridized carbons (Fsp3) is 0.875. The number of ether oxygens (including phenoxy) is 1. The molecular weight excluding hydrogens is 144 g/mol. The molecule has 0 aromatic carbocycles. The van der Waals surface area contributed by atoms with E-state index < -0.39 is 11.9 Å². The Morgan fingerprint density at radius 1 is 1.45 bits per heavy atom. The van der Waals surface area contributed by atoms with Crippen molar-refractivity contribution in [3.63, 3.8) is 0 Å². The number of rotatable bonds is 4. The lowest BCUT2D eigenvalue weighted by molar-refractivity contribution is -0.209. The molecule has 0 bridgehead atoms. The van der Waals surface area contributed by atoms with E-state index >= 15 is 0 Å². The SMILES string of the molecule is CC(C)C(C=O)OC(C)(C)O. The molecule has 0 aromatic heterocycles. The predicted molar refractivity (Wildman–Crippen MR) is 42.1 cm³/mol. The highest BCUT2D eigenvalue weighted by atomic mass is 16.6. The van der Waals surface area contributed by atoms with E-state index in [9.17, 15) is 9.90 Å². The molecule has 0 amide bonds. The van der Waals surface area contributed by atoms with Crippen LogP contribution >= 0.6 is 0 Å². The first-order chi connectivity index (χ1) is 4.87. The average molecular weight is 160 g/mol. The van der Waals surface area contributed by atoms with E-state index in [0.29, 0.717) is 6.29 Å². The van der Waals surface area contributed by atoms with Crippen LogP contribution in [0.2, 0.25) is 0 Å². The van der Waals surface area contributed by atoms with Gasteiger partial charge in [-0.15, -0.1) is 0 Å². The maximum Gasteiger partial charge on any atom is 0.160 e. The van der Waals surface area contributed by atoms with Crippen molar-refractivity contribution in [1.82, 2.24) is 0 Å². The third kappa shape index (κ3) is 4.93. The van der Waals surface area contributed by atoms with Gasteiger partial charge in [0.2, 0.25) is 0 Å². The Balaban J connectivity index is 3.99. The van der Waals surface area contributed by atoms with E-state index in [0.717, 1.165) is 0 Å². The van der Waals surface area contributed by atoms with E-state index in [1.807, 2.05) is 13.8 Å². The molecule has 0 radical (unpaired) electrons. The van der Waals surface area contributed by atoms with E-state index in [-0.39, 0.29) is 5.92 Å². The van der Waals surface area contributed by atoms with E-state index in [4.69, 9.17) is 4.74 Å². The summed E-state index contributed by atoms with van der Waals surface area (Å²) >= 11 is 0. The Hall–Kier alpha value is -0.410. The first-order valence-electron chi connectivity index (χ1n) is 3.72. The van der Waals surface area contributed by atoms with Gasteiger partial charge in [-0.1, -0.05) is 13.8 Å². The summed E-state index contributed by atoms with van der Waals surface area (Å²) in [5.41, 5.74) is 0. The van der Waals surface area contributed by atoms with Crippen LogP contribution in [-0.2, 0) is 9.53 Å². The summed E-state index contributed by atoms with van der Waals surface area (Å²) in [4.78, 5) is 10.4. The van der Waals surface area contributed by atoms with Crippen LogP contribution in [0.25, 0.3) is 0 Å². The quantitative estimate of drug-likeness (QED) is 0.492. The standard InChI is InChI=1S/C8H16O3/c1-6(2)7(5-9)11-8(3,4)10/h5-7,10H,1-4H3. The van der Waals surface area contributed by atoms with Crippen molar-refractivity contribution in [2.24, 2.45) is 5.92 Å². The molecule has 0 fully saturated rings. The topological polar surface area (TPSA) is 46.5 Å². The van der Waals surface area contributed by atoms with Gasteiger partial charge in [0.05, 0.1) is 0 Å². The normalized spacial score (nSPS) is 15.1. The summed E-state index contributed by atoms with van der Waals surface area (Å²) < 4.78 is 5.04. The van der Waals surface area contributed by atoms with Crippen LogP contribution < -0.4 is 0 Å². The van der Waals surface area contributed by atoms with Crippen LogP contribution in [0, 0.1) is 5.92 Å². The lowest BCUT2D eigenvalue weighted by Crippen LogP contribution is -2.34. The number of carbonyl (C=O) groups is 1. The molecule has 0 saturated carbocycles. The molecule has 0 spiro atoms. The van der Waals surface area contributed by atoms with E-state index in [2.05, 4.69) is 0 Å². The van der Waals surface area contributed by atoms with Crippen molar-refractivity contribution in [2.75, 3.05) is 0 Å². The van der Waals surface area contributed by atoms with Crippen molar-refractivity contribution >= 4 is 6.29 Å². The molecule has 0 rings (SSSR count). The fourth-order valence-corrected chi connectivity index (χ4v) is 0.654. The van der Waals surface area contributed by atoms with Crippen molar-refractivity contribution in [3.8, 4) is 0 Å². The molecular formula is C8H16O3. The summed E-state index contributed by atoms with van der Waals surface area (Å²) in [6.45, 7) is 6.74. The maximum atomic E-state index is 10.4. The van der Waals surface area contributed by atoms with Gasteiger partial charge in [0.15, 0.2) is 5.79 Å². The monoisotopic (exact) mass is 160 g/mol. The molecule has 3 nitrogen and oxygen atoms in total. The van der Waals surface area contributed by atoms with Crippen molar-refractivity contribution in [1.29, 1.82) is 0 Å². The van der Waals surface area contributed by atoms with Crippen LogP contribution in [0.15, 0.2) is 0 Å². The van der Waals surface area contributed by atoms with E-state index in [1.165, 1.54) is 13.8 Å². The second-order valence-electron chi connectivity index (χ2n) is 3.41. The highest BCUT2D eigenvalue weighted by Gasteiger charge is 2.22. The second-order valence-corrected chi connectivity index (χ2v) is 3.41. The van der Waals surface area contributed by atoms with Gasteiger partial charge < -0.3 is 14.6 Å². The Kier molecular flexibility index (Phi) is 3.69. The minimum absolute atomic E-state index is 0.0962. The Morgan fingerprint density at radius 2 is 1.91 bits per heavy atom. The van der Waals surface area contributed by atoms with Crippen molar-refractivity contribution < 1.29 is 14.6 Å². The van der Waals surface area contributed by atoms with Crippen LogP contribution in [0.5, 0.6) is 0 Å². The van der Waals surface area contributed by atoms with Gasteiger partial charge in [0.1, 0.15) is 12.4 Å². The highest BCUT2D eigenvalue weighted by molar-refractivity contribution is 5.56. The Labute approximate surface area is 67.4 Å². The van der Waals surface area contributed by atoms with Gasteiger partial charge in [-0.2, -0.15) is 0 Å². The summed E-state index contributed by atoms with van der Waals surface area (Å²) in [5, 5.41) is 9.19. The summed E-state index contributed by atoms with van der Waals surface area (Å²) in [7, 11) is 0. The molecule has 1 N–H and O–H groups in total. The third-order valence-corrected chi connectivity index (χ3v) is 1.22. The van der Waals surface area contributed by atoms with E-state index in [1.54, 1.807) is 0 Å². The van der Waals surface area contributed by atoms with Crippen LogP contribution in [-0.4, -0.2) is 23.3 Å². The first kappa shape index (κ1) is 10.6. The van der Waals surface area contributed by atoms with Gasteiger partial charge in [0.25, 0.3) is 0 Å². The molecule has 0 saturated heterocycles. The molecule has 0 aliphatic carbocycles. The summed E-state index contributed by atoms with van der Waals surface area (Å²) in [5.74, 6) is -1.13. The molecule has 0 heterocycles. The van der Waals surface area contributed by atoms with Crippen molar-refractivity contribution in [2.45, 2.75) is 39.6 Å². The van der Waals surface area contributed by atoms with Gasteiger partial charge in [-0.3, -0.25) is 0 Å². The van der Waals surface area contributed by atoms with Crippen LogP contribution in [0.1, 0.15) is 27.7 Å². The van der Waals surface area contributed by atoms with Gasteiger partial charge in [-0.05, 0) is 19.8 Å². The van der Waals surface area contributed by atoms with Crippen molar-refractivity contribution in [3.05, 3.63) is 0 Å². The minimum atomic E-state index is -1.23. The maximum absolute atomic E-state index is 10.4. The van der Waals surface area contributed by atoms with Gasteiger partial charge in [-0.25, -0.2) is 0 Å². The Morgan fingerprint density at radius 3 is 2.00 bits per heavy atom. The number of hydrogen-bond donors (Lipinski definition) is 1. The molecule has 0 aromatic rings. The predicted octanol–water partition coefficient (Wildman–Crippen LogP) is 0.955. The minimum Gasteiger partial charge on any atom is -0.366 e. The average Bonchev–Trinajstić information content (AvgIpc) is 1.80. The zero-order chi connectivity index (χ0) is 9.07. The Bertz CT molecular complexity index is 124. The van der Waals surface area contributed by atoms with Crippen LogP contribution in [0.4, 0.5) is 0 Å². The number of aldehydes is 1. The highest BCUT2D eigenvalue weighted by Crippen LogP contribution is 2.12. The van der Waals surface area contributed by atoms with Gasteiger partial charge in [0, 0.05) is 0 Å². The molecule has 0 aliphatic rings. The molecule has 66 valence electrons. The molecule has 3 heteroatoms. The summed E-state index contributed by atoms with van der Waals surface area (Å²) in [6, 6.07) is 0. The fourth-order valence-electron chi connectivity index (χ4n) is 0.654. The number of carbonyl (C=O) groups excluding carboxylic acids is 1. The molecule has 11 heavy (non-hydrogen) atoms. The second kappa shape index (κ2) is 3.83. The number of hydrogen-bond acceptors (Lipinski definition) is 3. The molecule has 1 unspecified atom stereocenters. The van der Waals surface area contributed by atoms with Gasteiger partial charge >= 0.3 is 0 Å². The number of aliphatic hydroxyl groups is 1.